The molecular formula is C25H41N3O4. The van der Waals surface area contributed by atoms with Crippen LogP contribution >= 0.6 is 0 Å². The van der Waals surface area contributed by atoms with E-state index < -0.39 is 17.7 Å². The molecule has 0 radical (unpaired) electrons. The van der Waals surface area contributed by atoms with E-state index in [1.54, 1.807) is 25.7 Å². The van der Waals surface area contributed by atoms with Crippen molar-refractivity contribution in [1.82, 2.24) is 15.5 Å². The van der Waals surface area contributed by atoms with E-state index in [0.29, 0.717) is 6.42 Å². The molecule has 180 valence electrons. The van der Waals surface area contributed by atoms with Crippen molar-refractivity contribution in [3.8, 4) is 0 Å². The first-order chi connectivity index (χ1) is 14.9. The third-order valence-electron chi connectivity index (χ3n) is 5.26. The third-order valence-corrected chi connectivity index (χ3v) is 5.26. The maximum Gasteiger partial charge on any atom is 0.408 e. The number of aryl methyl sites for hydroxylation is 1. The van der Waals surface area contributed by atoms with Crippen molar-refractivity contribution in [2.75, 3.05) is 6.54 Å². The number of rotatable bonds is 10. The SMILES string of the molecule is CCCC(C)NC(=O)C(c1ccccc1C)N(C(=O)CNC(=O)OC(C)(C)C)C(C)CC. The zero-order valence-corrected chi connectivity index (χ0v) is 21.0. The highest BCUT2D eigenvalue weighted by atomic mass is 16.6. The van der Waals surface area contributed by atoms with Gasteiger partial charge in [0.25, 0.3) is 0 Å². The van der Waals surface area contributed by atoms with Gasteiger partial charge in [-0.15, -0.1) is 0 Å². The van der Waals surface area contributed by atoms with Crippen LogP contribution in [0.15, 0.2) is 24.3 Å². The highest BCUT2D eigenvalue weighted by Crippen LogP contribution is 2.28. The maximum absolute atomic E-state index is 13.5. The molecule has 7 heteroatoms. The minimum Gasteiger partial charge on any atom is -0.444 e. The quantitative estimate of drug-likeness (QED) is 0.553. The fraction of sp³-hybridized carbons (Fsp3) is 0.640. The predicted molar refractivity (Wildman–Crippen MR) is 127 cm³/mol. The van der Waals surface area contributed by atoms with E-state index >= 15 is 0 Å². The van der Waals surface area contributed by atoms with Crippen LogP contribution in [0, 0.1) is 6.92 Å². The van der Waals surface area contributed by atoms with Crippen molar-refractivity contribution < 1.29 is 19.1 Å². The van der Waals surface area contributed by atoms with Crippen LogP contribution in [0.1, 0.15) is 84.9 Å². The molecule has 0 aliphatic heterocycles. The molecule has 3 amide bonds. The molecule has 1 aromatic carbocycles. The van der Waals surface area contributed by atoms with Crippen molar-refractivity contribution in [2.24, 2.45) is 0 Å². The van der Waals surface area contributed by atoms with E-state index in [-0.39, 0.29) is 30.4 Å². The molecule has 0 spiro atoms. The summed E-state index contributed by atoms with van der Waals surface area (Å²) in [5, 5.41) is 5.61. The van der Waals surface area contributed by atoms with Gasteiger partial charge in [0.1, 0.15) is 18.2 Å². The van der Waals surface area contributed by atoms with Gasteiger partial charge < -0.3 is 20.3 Å². The number of carbonyl (C=O) groups is 3. The van der Waals surface area contributed by atoms with Crippen LogP contribution in [0.3, 0.4) is 0 Å². The molecule has 32 heavy (non-hydrogen) atoms. The Balaban J connectivity index is 3.25. The Morgan fingerprint density at radius 1 is 1.09 bits per heavy atom. The number of hydrogen-bond acceptors (Lipinski definition) is 4. The zero-order valence-electron chi connectivity index (χ0n) is 21.0. The molecule has 7 nitrogen and oxygen atoms in total. The van der Waals surface area contributed by atoms with Crippen LogP contribution in [-0.4, -0.2) is 47.0 Å². The van der Waals surface area contributed by atoms with Crippen LogP contribution in [-0.2, 0) is 14.3 Å². The summed E-state index contributed by atoms with van der Waals surface area (Å²) >= 11 is 0. The Labute approximate surface area is 193 Å². The van der Waals surface area contributed by atoms with E-state index in [9.17, 15) is 14.4 Å². The van der Waals surface area contributed by atoms with Gasteiger partial charge in [0.05, 0.1) is 0 Å². The molecule has 0 saturated carbocycles. The standard InChI is InChI=1S/C25H41N3O4/c1-9-13-18(4)27-23(30)22(20-15-12-11-14-17(20)3)28(19(5)10-2)21(29)16-26-24(31)32-25(6,7)8/h11-12,14-15,18-19,22H,9-10,13,16H2,1-8H3,(H,26,31)(H,27,30). The molecule has 1 aromatic rings. The lowest BCUT2D eigenvalue weighted by atomic mass is 9.96. The summed E-state index contributed by atoms with van der Waals surface area (Å²) in [5.41, 5.74) is 1.04. The van der Waals surface area contributed by atoms with E-state index in [1.165, 1.54) is 0 Å². The zero-order chi connectivity index (χ0) is 24.5. The Hall–Kier alpha value is -2.57. The van der Waals surface area contributed by atoms with Crippen molar-refractivity contribution in [1.29, 1.82) is 0 Å². The molecule has 0 aliphatic carbocycles. The van der Waals surface area contributed by atoms with Gasteiger partial charge in [0.15, 0.2) is 0 Å². The van der Waals surface area contributed by atoms with Gasteiger partial charge in [-0.1, -0.05) is 44.5 Å². The minimum absolute atomic E-state index is 0.00667. The van der Waals surface area contributed by atoms with E-state index in [4.69, 9.17) is 4.74 Å². The normalized spacial score (nSPS) is 14.1. The molecule has 1 rings (SSSR count). The summed E-state index contributed by atoms with van der Waals surface area (Å²) in [4.78, 5) is 40.5. The van der Waals surface area contributed by atoms with Gasteiger partial charge in [-0.25, -0.2) is 4.79 Å². The lowest BCUT2D eigenvalue weighted by molar-refractivity contribution is -0.143. The summed E-state index contributed by atoms with van der Waals surface area (Å²) in [6, 6.07) is 6.59. The molecule has 0 fully saturated rings. The van der Waals surface area contributed by atoms with Gasteiger partial charge in [0, 0.05) is 12.1 Å². The van der Waals surface area contributed by atoms with Crippen LogP contribution in [0.25, 0.3) is 0 Å². The summed E-state index contributed by atoms with van der Waals surface area (Å²) in [7, 11) is 0. The van der Waals surface area contributed by atoms with Crippen molar-refractivity contribution in [3.63, 3.8) is 0 Å². The number of hydrogen-bond donors (Lipinski definition) is 2. The van der Waals surface area contributed by atoms with Crippen LogP contribution in [0.5, 0.6) is 0 Å². The number of amides is 3. The Bertz CT molecular complexity index is 773. The lowest BCUT2D eigenvalue weighted by Crippen LogP contribution is -2.52. The summed E-state index contributed by atoms with van der Waals surface area (Å²) in [5.74, 6) is -0.553. The van der Waals surface area contributed by atoms with E-state index in [0.717, 1.165) is 24.0 Å². The average molecular weight is 448 g/mol. The molecule has 0 aliphatic rings. The smallest absolute Gasteiger partial charge is 0.408 e. The first-order valence-electron chi connectivity index (χ1n) is 11.5. The van der Waals surface area contributed by atoms with Gasteiger partial charge in [-0.05, 0) is 65.5 Å². The molecule has 0 aromatic heterocycles. The Morgan fingerprint density at radius 3 is 2.25 bits per heavy atom. The van der Waals surface area contributed by atoms with Crippen molar-refractivity contribution >= 4 is 17.9 Å². The highest BCUT2D eigenvalue weighted by Gasteiger charge is 2.35. The van der Waals surface area contributed by atoms with Crippen LogP contribution in [0.4, 0.5) is 4.79 Å². The number of nitrogens with one attached hydrogen (secondary N) is 2. The second-order valence-electron chi connectivity index (χ2n) is 9.37. The molecule has 2 N–H and O–H groups in total. The van der Waals surface area contributed by atoms with Crippen LogP contribution < -0.4 is 10.6 Å². The third kappa shape index (κ3) is 8.52. The van der Waals surface area contributed by atoms with Gasteiger partial charge >= 0.3 is 6.09 Å². The van der Waals surface area contributed by atoms with Crippen molar-refractivity contribution in [2.45, 2.75) is 98.4 Å². The number of benzene rings is 1. The molecule has 3 unspecified atom stereocenters. The molecule has 0 saturated heterocycles. The summed E-state index contributed by atoms with van der Waals surface area (Å²) < 4.78 is 5.25. The second kappa shape index (κ2) is 12.5. The van der Waals surface area contributed by atoms with E-state index in [1.807, 2.05) is 52.0 Å². The topological polar surface area (TPSA) is 87.7 Å². The summed E-state index contributed by atoms with van der Waals surface area (Å²) in [6.07, 6.45) is 1.80. The molecule has 0 bridgehead atoms. The monoisotopic (exact) mass is 447 g/mol. The van der Waals surface area contributed by atoms with Crippen LogP contribution in [0.2, 0.25) is 0 Å². The molecule has 3 atom stereocenters. The van der Waals surface area contributed by atoms with E-state index in [2.05, 4.69) is 17.6 Å². The van der Waals surface area contributed by atoms with Gasteiger partial charge in [0.2, 0.25) is 11.8 Å². The maximum atomic E-state index is 13.5. The highest BCUT2D eigenvalue weighted by molar-refractivity contribution is 5.91. The Morgan fingerprint density at radius 2 is 1.72 bits per heavy atom. The molecule has 0 heterocycles. The predicted octanol–water partition coefficient (Wildman–Crippen LogP) is 4.49. The van der Waals surface area contributed by atoms with Gasteiger partial charge in [-0.2, -0.15) is 0 Å². The fourth-order valence-electron chi connectivity index (χ4n) is 3.53. The first-order valence-corrected chi connectivity index (χ1v) is 11.5. The number of ether oxygens (including phenoxy) is 1. The number of carbonyl (C=O) groups excluding carboxylic acids is 3. The molecular weight excluding hydrogens is 406 g/mol. The fourth-order valence-corrected chi connectivity index (χ4v) is 3.53. The number of nitrogens with zero attached hydrogens (tertiary/aromatic N) is 1. The number of alkyl carbamates (subject to hydrolysis) is 1. The van der Waals surface area contributed by atoms with Gasteiger partial charge in [-0.3, -0.25) is 9.59 Å². The van der Waals surface area contributed by atoms with Crippen molar-refractivity contribution in [3.05, 3.63) is 35.4 Å². The first kappa shape index (κ1) is 27.5. The minimum atomic E-state index is -0.793. The largest absolute Gasteiger partial charge is 0.444 e. The average Bonchev–Trinajstić information content (AvgIpc) is 2.69. The Kier molecular flexibility index (Phi) is 10.7. The summed E-state index contributed by atoms with van der Waals surface area (Å²) in [6.45, 7) is 14.9. The lowest BCUT2D eigenvalue weighted by Gasteiger charge is -2.37. The second-order valence-corrected chi connectivity index (χ2v) is 9.37.